The second kappa shape index (κ2) is 5.79. The highest BCUT2D eigenvalue weighted by Crippen LogP contribution is 2.39. The summed E-state index contributed by atoms with van der Waals surface area (Å²) < 4.78 is 22.9. The molecule has 0 saturated carbocycles. The van der Waals surface area contributed by atoms with E-state index in [0.29, 0.717) is 19.4 Å². The zero-order chi connectivity index (χ0) is 13.9. The van der Waals surface area contributed by atoms with E-state index in [0.717, 1.165) is 32.5 Å². The van der Waals surface area contributed by atoms with Crippen LogP contribution in [0.5, 0.6) is 0 Å². The quantitative estimate of drug-likeness (QED) is 0.796. The highest BCUT2D eigenvalue weighted by atomic mass is 32.2. The summed E-state index contributed by atoms with van der Waals surface area (Å²) in [6, 6.07) is 0. The van der Waals surface area contributed by atoms with E-state index in [1.807, 2.05) is 4.90 Å². The highest BCUT2D eigenvalue weighted by molar-refractivity contribution is 7.91. The van der Waals surface area contributed by atoms with Crippen molar-refractivity contribution in [3.8, 4) is 0 Å². The Kier molecular flexibility index (Phi) is 4.50. The lowest BCUT2D eigenvalue weighted by molar-refractivity contribution is -0.127. The number of piperidine rings is 1. The normalized spacial score (nSPS) is 23.2. The molecule has 110 valence electrons. The van der Waals surface area contributed by atoms with Crippen LogP contribution in [0.25, 0.3) is 0 Å². The van der Waals surface area contributed by atoms with Gasteiger partial charge in [0, 0.05) is 25.3 Å². The van der Waals surface area contributed by atoms with E-state index >= 15 is 0 Å². The molecule has 0 radical (unpaired) electrons. The summed E-state index contributed by atoms with van der Waals surface area (Å²) in [6.07, 6.45) is 3.33. The number of nitrogens with zero attached hydrogens (tertiary/aromatic N) is 1. The molecular weight excluding hydrogens is 264 g/mol. The third-order valence-corrected chi connectivity index (χ3v) is 6.18. The van der Waals surface area contributed by atoms with Crippen molar-refractivity contribution >= 4 is 15.7 Å². The topological polar surface area (TPSA) is 66.5 Å². The second-order valence-corrected chi connectivity index (χ2v) is 8.30. The van der Waals surface area contributed by atoms with Gasteiger partial charge in [-0.3, -0.25) is 4.79 Å². The van der Waals surface area contributed by atoms with Crippen LogP contribution >= 0.6 is 0 Å². The number of rotatable bonds is 5. The minimum absolute atomic E-state index is 0.159. The third kappa shape index (κ3) is 3.69. The lowest BCUT2D eigenvalue weighted by Crippen LogP contribution is -2.39. The molecule has 0 aromatic carbocycles. The van der Waals surface area contributed by atoms with Gasteiger partial charge < -0.3 is 10.2 Å². The summed E-state index contributed by atoms with van der Waals surface area (Å²) in [4.78, 5) is 13.9. The monoisotopic (exact) mass is 288 g/mol. The van der Waals surface area contributed by atoms with Gasteiger partial charge in [0.05, 0.1) is 5.75 Å². The molecule has 6 heteroatoms. The van der Waals surface area contributed by atoms with Crippen LogP contribution < -0.4 is 5.32 Å². The maximum Gasteiger partial charge on any atom is 0.223 e. The molecular formula is C13H24N2O3S. The number of hydrogen-bond donors (Lipinski definition) is 1. The molecule has 1 amide bonds. The van der Waals surface area contributed by atoms with Crippen LogP contribution in [0.15, 0.2) is 0 Å². The Morgan fingerprint density at radius 1 is 1.32 bits per heavy atom. The van der Waals surface area contributed by atoms with E-state index in [9.17, 15) is 13.2 Å². The van der Waals surface area contributed by atoms with Gasteiger partial charge in [0.1, 0.15) is 9.84 Å². The fourth-order valence-corrected chi connectivity index (χ4v) is 3.95. The summed E-state index contributed by atoms with van der Waals surface area (Å²) in [7, 11) is -2.91. The van der Waals surface area contributed by atoms with Crippen LogP contribution in [0.2, 0.25) is 0 Å². The predicted molar refractivity (Wildman–Crippen MR) is 74.7 cm³/mol. The summed E-state index contributed by atoms with van der Waals surface area (Å²) in [5, 5.41) is 3.33. The van der Waals surface area contributed by atoms with Crippen LogP contribution in [-0.4, -0.2) is 56.9 Å². The van der Waals surface area contributed by atoms with Crippen LogP contribution in [0.1, 0.15) is 32.6 Å². The first-order valence-electron chi connectivity index (χ1n) is 7.15. The van der Waals surface area contributed by atoms with E-state index in [1.165, 1.54) is 0 Å². The lowest BCUT2D eigenvalue weighted by Gasteiger charge is -2.33. The van der Waals surface area contributed by atoms with Crippen molar-refractivity contribution in [1.82, 2.24) is 10.2 Å². The smallest absolute Gasteiger partial charge is 0.223 e. The molecule has 0 unspecified atom stereocenters. The first-order chi connectivity index (χ1) is 8.96. The molecule has 2 rings (SSSR count). The standard InChI is InChI=1S/C13H24N2O3S/c1-2-19(17,18)9-3-8-15-11-13(10-12(15)16)4-6-14-7-5-13/h14H,2-11H2,1H3. The largest absolute Gasteiger partial charge is 0.342 e. The Hall–Kier alpha value is -0.620. The number of hydrogen-bond acceptors (Lipinski definition) is 4. The van der Waals surface area contributed by atoms with Crippen molar-refractivity contribution in [2.45, 2.75) is 32.6 Å². The number of carbonyl (C=O) groups excluding carboxylic acids is 1. The van der Waals surface area contributed by atoms with Gasteiger partial charge in [0.15, 0.2) is 0 Å². The lowest BCUT2D eigenvalue weighted by atomic mass is 9.78. The Labute approximate surface area is 115 Å². The molecule has 2 heterocycles. The van der Waals surface area contributed by atoms with Gasteiger partial charge in [0.25, 0.3) is 0 Å². The van der Waals surface area contributed by atoms with Crippen molar-refractivity contribution in [1.29, 1.82) is 0 Å². The second-order valence-electron chi connectivity index (χ2n) is 5.83. The van der Waals surface area contributed by atoms with Crippen LogP contribution in [0, 0.1) is 5.41 Å². The molecule has 2 aliphatic rings. The number of sulfone groups is 1. The molecule has 0 bridgehead atoms. The summed E-state index contributed by atoms with van der Waals surface area (Å²) in [5.74, 6) is 0.592. The SMILES string of the molecule is CCS(=O)(=O)CCCN1CC2(CCNCC2)CC1=O. The van der Waals surface area contributed by atoms with Gasteiger partial charge in [-0.15, -0.1) is 0 Å². The van der Waals surface area contributed by atoms with E-state index in [4.69, 9.17) is 0 Å². The Morgan fingerprint density at radius 2 is 2.00 bits per heavy atom. The average molecular weight is 288 g/mol. The first-order valence-corrected chi connectivity index (χ1v) is 8.97. The number of amides is 1. The minimum Gasteiger partial charge on any atom is -0.342 e. The van der Waals surface area contributed by atoms with E-state index in [2.05, 4.69) is 5.32 Å². The van der Waals surface area contributed by atoms with Crippen LogP contribution in [-0.2, 0) is 14.6 Å². The maximum atomic E-state index is 12.0. The Balaban J connectivity index is 1.83. The van der Waals surface area contributed by atoms with Crippen molar-refractivity contribution in [2.24, 2.45) is 5.41 Å². The zero-order valence-corrected chi connectivity index (χ0v) is 12.5. The summed E-state index contributed by atoms with van der Waals surface area (Å²) in [5.41, 5.74) is 0.159. The fourth-order valence-electron chi connectivity index (χ4n) is 3.10. The first kappa shape index (κ1) is 14.8. The third-order valence-electron chi connectivity index (χ3n) is 4.39. The molecule has 2 fully saturated rings. The van der Waals surface area contributed by atoms with Crippen LogP contribution in [0.4, 0.5) is 0 Å². The average Bonchev–Trinajstić information content (AvgIpc) is 2.66. The van der Waals surface area contributed by atoms with Crippen molar-refractivity contribution < 1.29 is 13.2 Å². The summed E-state index contributed by atoms with van der Waals surface area (Å²) >= 11 is 0. The number of likely N-dealkylation sites (tertiary alicyclic amines) is 1. The van der Waals surface area contributed by atoms with Crippen molar-refractivity contribution in [3.63, 3.8) is 0 Å². The van der Waals surface area contributed by atoms with Gasteiger partial charge >= 0.3 is 0 Å². The zero-order valence-electron chi connectivity index (χ0n) is 11.7. The molecule has 0 atom stereocenters. The fraction of sp³-hybridized carbons (Fsp3) is 0.923. The van der Waals surface area contributed by atoms with Gasteiger partial charge in [-0.05, 0) is 37.8 Å². The maximum absolute atomic E-state index is 12.0. The molecule has 0 aromatic rings. The molecule has 2 saturated heterocycles. The highest BCUT2D eigenvalue weighted by Gasteiger charge is 2.43. The molecule has 1 N–H and O–H groups in total. The minimum atomic E-state index is -2.91. The predicted octanol–water partition coefficient (Wildman–Crippen LogP) is 0.413. The van der Waals surface area contributed by atoms with E-state index in [1.54, 1.807) is 6.92 Å². The van der Waals surface area contributed by atoms with Gasteiger partial charge in [-0.2, -0.15) is 0 Å². The molecule has 0 aliphatic carbocycles. The van der Waals surface area contributed by atoms with Crippen molar-refractivity contribution in [2.75, 3.05) is 37.7 Å². The van der Waals surface area contributed by atoms with E-state index in [-0.39, 0.29) is 22.8 Å². The van der Waals surface area contributed by atoms with Crippen LogP contribution in [0.3, 0.4) is 0 Å². The summed E-state index contributed by atoms with van der Waals surface area (Å²) in [6.45, 7) is 5.06. The van der Waals surface area contributed by atoms with Gasteiger partial charge in [-0.25, -0.2) is 8.42 Å². The number of nitrogens with one attached hydrogen (secondary N) is 1. The van der Waals surface area contributed by atoms with Gasteiger partial charge in [-0.1, -0.05) is 6.92 Å². The molecule has 19 heavy (non-hydrogen) atoms. The van der Waals surface area contributed by atoms with Crippen molar-refractivity contribution in [3.05, 3.63) is 0 Å². The molecule has 2 aliphatic heterocycles. The van der Waals surface area contributed by atoms with Gasteiger partial charge in [0.2, 0.25) is 5.91 Å². The molecule has 5 nitrogen and oxygen atoms in total. The number of carbonyl (C=O) groups is 1. The molecule has 0 aromatic heterocycles. The Morgan fingerprint density at radius 3 is 2.63 bits per heavy atom. The molecule has 1 spiro atoms. The van der Waals surface area contributed by atoms with E-state index < -0.39 is 9.84 Å². The Bertz CT molecular complexity index is 427.